The molecule has 2 aromatic heterocycles. The van der Waals surface area contributed by atoms with E-state index in [1.54, 1.807) is 0 Å². The fourth-order valence-corrected chi connectivity index (χ4v) is 4.44. The Balaban J connectivity index is 0.000000360. The van der Waals surface area contributed by atoms with Gasteiger partial charge in [-0.3, -0.25) is 14.7 Å². The van der Waals surface area contributed by atoms with Crippen molar-refractivity contribution in [3.05, 3.63) is 52.5 Å². The van der Waals surface area contributed by atoms with Crippen LogP contribution >= 0.6 is 11.3 Å². The predicted octanol–water partition coefficient (Wildman–Crippen LogP) is 3.14. The molecule has 11 heteroatoms. The summed E-state index contributed by atoms with van der Waals surface area (Å²) in [5, 5.41) is 9.08. The molecular formula is C21H24F3N3O4S. The van der Waals surface area contributed by atoms with Crippen LogP contribution in [0, 0.1) is 5.92 Å². The SMILES string of the molecule is O=C(O)C(F)(F)F.O=C(c1cccs1)N1CC[C@@H]2CN(Cc3cccnc3)CCO[C@@H]2C1. The van der Waals surface area contributed by atoms with Gasteiger partial charge < -0.3 is 14.7 Å². The number of carboxylic acids is 1. The molecular weight excluding hydrogens is 447 g/mol. The Labute approximate surface area is 187 Å². The number of carbonyl (C=O) groups excluding carboxylic acids is 1. The first-order valence-electron chi connectivity index (χ1n) is 10.1. The Kier molecular flexibility index (Phi) is 8.21. The molecule has 0 radical (unpaired) electrons. The number of nitrogens with zero attached hydrogens (tertiary/aromatic N) is 3. The number of halogens is 3. The van der Waals surface area contributed by atoms with Gasteiger partial charge in [0.15, 0.2) is 0 Å². The summed E-state index contributed by atoms with van der Waals surface area (Å²) in [5.74, 6) is -2.12. The predicted molar refractivity (Wildman–Crippen MR) is 111 cm³/mol. The van der Waals surface area contributed by atoms with E-state index in [0.717, 1.165) is 44.1 Å². The number of alkyl halides is 3. The standard InChI is InChI=1S/C19H23N3O2S.C2HF3O2/c23-19(18-4-2-10-25-18)22-7-5-16-13-21(8-9-24-17(16)14-22)12-15-3-1-6-20-11-15;3-2(4,5)1(6)7/h1-4,6,10-11,16-17H,5,7-9,12-14H2;(H,6,7)/t16-,17-;/m1./s1. The molecule has 0 spiro atoms. The molecule has 2 aliphatic heterocycles. The molecule has 7 nitrogen and oxygen atoms in total. The monoisotopic (exact) mass is 471 g/mol. The van der Waals surface area contributed by atoms with E-state index in [9.17, 15) is 18.0 Å². The number of pyridine rings is 1. The quantitative estimate of drug-likeness (QED) is 0.741. The number of fused-ring (bicyclic) bond motifs is 1. The molecule has 2 saturated heterocycles. The third-order valence-corrected chi connectivity index (χ3v) is 6.18. The summed E-state index contributed by atoms with van der Waals surface area (Å²) in [7, 11) is 0. The van der Waals surface area contributed by atoms with Crippen LogP contribution in [-0.2, 0) is 16.1 Å². The lowest BCUT2D eigenvalue weighted by Gasteiger charge is -2.37. The highest BCUT2D eigenvalue weighted by atomic mass is 32.1. The average Bonchev–Trinajstić information content (AvgIpc) is 3.22. The number of amides is 1. The average molecular weight is 472 g/mol. The first-order valence-corrected chi connectivity index (χ1v) is 11.0. The molecule has 0 saturated carbocycles. The minimum Gasteiger partial charge on any atom is -0.475 e. The highest BCUT2D eigenvalue weighted by Crippen LogP contribution is 2.26. The molecule has 0 bridgehead atoms. The number of likely N-dealkylation sites (tertiary alicyclic amines) is 1. The molecule has 174 valence electrons. The summed E-state index contributed by atoms with van der Waals surface area (Å²) in [6.07, 6.45) is -0.182. The van der Waals surface area contributed by atoms with Gasteiger partial charge in [0.1, 0.15) is 0 Å². The van der Waals surface area contributed by atoms with Crippen molar-refractivity contribution < 1.29 is 32.6 Å². The van der Waals surface area contributed by atoms with Gasteiger partial charge in [-0.25, -0.2) is 4.79 Å². The summed E-state index contributed by atoms with van der Waals surface area (Å²) >= 11 is 1.51. The van der Waals surface area contributed by atoms with Crippen LogP contribution in [0.25, 0.3) is 0 Å². The number of ether oxygens (including phenoxy) is 1. The van der Waals surface area contributed by atoms with Gasteiger partial charge in [0, 0.05) is 51.0 Å². The number of hydrogen-bond acceptors (Lipinski definition) is 6. The second-order valence-corrected chi connectivity index (χ2v) is 8.53. The lowest BCUT2D eigenvalue weighted by atomic mass is 9.93. The molecule has 32 heavy (non-hydrogen) atoms. The van der Waals surface area contributed by atoms with Gasteiger partial charge in [0.2, 0.25) is 0 Å². The molecule has 0 unspecified atom stereocenters. The highest BCUT2D eigenvalue weighted by Gasteiger charge is 2.38. The van der Waals surface area contributed by atoms with E-state index in [1.807, 2.05) is 40.9 Å². The van der Waals surface area contributed by atoms with Crippen molar-refractivity contribution in [3.63, 3.8) is 0 Å². The lowest BCUT2D eigenvalue weighted by Crippen LogP contribution is -2.48. The van der Waals surface area contributed by atoms with E-state index in [-0.39, 0.29) is 12.0 Å². The number of thiophene rings is 1. The number of aliphatic carboxylic acids is 1. The maximum absolute atomic E-state index is 12.6. The molecule has 0 aliphatic carbocycles. The summed E-state index contributed by atoms with van der Waals surface area (Å²) in [6, 6.07) is 7.95. The third kappa shape index (κ3) is 6.75. The molecule has 2 aromatic rings. The topological polar surface area (TPSA) is 83.0 Å². The Morgan fingerprint density at radius 3 is 2.62 bits per heavy atom. The number of carbonyl (C=O) groups is 2. The van der Waals surface area contributed by atoms with Crippen LogP contribution < -0.4 is 0 Å². The van der Waals surface area contributed by atoms with Crippen LogP contribution in [0.3, 0.4) is 0 Å². The van der Waals surface area contributed by atoms with Crippen molar-refractivity contribution >= 4 is 23.2 Å². The minimum atomic E-state index is -5.08. The van der Waals surface area contributed by atoms with Crippen LogP contribution in [0.1, 0.15) is 21.7 Å². The zero-order valence-corrected chi connectivity index (χ0v) is 18.0. The third-order valence-electron chi connectivity index (χ3n) is 5.32. The smallest absolute Gasteiger partial charge is 0.475 e. The van der Waals surface area contributed by atoms with Gasteiger partial charge in [-0.1, -0.05) is 12.1 Å². The van der Waals surface area contributed by atoms with E-state index in [2.05, 4.69) is 16.0 Å². The summed E-state index contributed by atoms with van der Waals surface area (Å²) in [5.41, 5.74) is 1.24. The van der Waals surface area contributed by atoms with Crippen molar-refractivity contribution in [2.45, 2.75) is 25.2 Å². The minimum absolute atomic E-state index is 0.147. The van der Waals surface area contributed by atoms with Crippen molar-refractivity contribution in [1.82, 2.24) is 14.8 Å². The lowest BCUT2D eigenvalue weighted by molar-refractivity contribution is -0.192. The summed E-state index contributed by atoms with van der Waals surface area (Å²) in [6.45, 7) is 5.13. The van der Waals surface area contributed by atoms with Crippen molar-refractivity contribution in [2.24, 2.45) is 5.92 Å². The van der Waals surface area contributed by atoms with E-state index in [0.29, 0.717) is 12.5 Å². The number of aromatic nitrogens is 1. The number of piperidine rings is 1. The van der Waals surface area contributed by atoms with Crippen LogP contribution in [0.4, 0.5) is 13.2 Å². The van der Waals surface area contributed by atoms with Gasteiger partial charge in [0.05, 0.1) is 17.6 Å². The number of rotatable bonds is 3. The zero-order chi connectivity index (χ0) is 23.1. The largest absolute Gasteiger partial charge is 0.490 e. The van der Waals surface area contributed by atoms with E-state index >= 15 is 0 Å². The Hall–Kier alpha value is -2.50. The molecule has 4 rings (SSSR count). The molecule has 2 aliphatic rings. The molecule has 2 fully saturated rings. The highest BCUT2D eigenvalue weighted by molar-refractivity contribution is 7.12. The van der Waals surface area contributed by atoms with Crippen LogP contribution in [0.2, 0.25) is 0 Å². The zero-order valence-electron chi connectivity index (χ0n) is 17.2. The van der Waals surface area contributed by atoms with Crippen LogP contribution in [-0.4, -0.2) is 76.8 Å². The van der Waals surface area contributed by atoms with Crippen molar-refractivity contribution in [2.75, 3.05) is 32.8 Å². The van der Waals surface area contributed by atoms with E-state index < -0.39 is 12.1 Å². The normalized spacial score (nSPS) is 21.7. The summed E-state index contributed by atoms with van der Waals surface area (Å²) < 4.78 is 37.9. The first-order chi connectivity index (χ1) is 15.2. The Bertz CT molecular complexity index is 880. The van der Waals surface area contributed by atoms with Crippen LogP contribution in [0.15, 0.2) is 42.0 Å². The van der Waals surface area contributed by atoms with E-state index in [4.69, 9.17) is 14.6 Å². The molecule has 0 aromatic carbocycles. The maximum atomic E-state index is 12.6. The van der Waals surface area contributed by atoms with Crippen LogP contribution in [0.5, 0.6) is 0 Å². The molecule has 1 amide bonds. The van der Waals surface area contributed by atoms with Gasteiger partial charge in [0.25, 0.3) is 5.91 Å². The maximum Gasteiger partial charge on any atom is 0.490 e. The second-order valence-electron chi connectivity index (χ2n) is 7.59. The number of hydrogen-bond donors (Lipinski definition) is 1. The first kappa shape index (κ1) is 24.1. The second kappa shape index (κ2) is 10.9. The van der Waals surface area contributed by atoms with Crippen molar-refractivity contribution in [3.8, 4) is 0 Å². The molecule has 2 atom stereocenters. The Morgan fingerprint density at radius 2 is 2.00 bits per heavy atom. The molecule has 4 heterocycles. The fourth-order valence-electron chi connectivity index (χ4n) is 3.75. The van der Waals surface area contributed by atoms with E-state index in [1.165, 1.54) is 16.9 Å². The number of carboxylic acid groups (broad SMARTS) is 1. The van der Waals surface area contributed by atoms with Gasteiger partial charge in [-0.2, -0.15) is 13.2 Å². The molecule has 1 N–H and O–H groups in total. The van der Waals surface area contributed by atoms with Gasteiger partial charge >= 0.3 is 12.1 Å². The fraction of sp³-hybridized carbons (Fsp3) is 0.476. The Morgan fingerprint density at radius 1 is 1.22 bits per heavy atom. The van der Waals surface area contributed by atoms with Crippen molar-refractivity contribution in [1.29, 1.82) is 0 Å². The summed E-state index contributed by atoms with van der Waals surface area (Å²) in [4.78, 5) is 30.9. The van der Waals surface area contributed by atoms with Gasteiger partial charge in [-0.15, -0.1) is 11.3 Å². The van der Waals surface area contributed by atoms with Gasteiger partial charge in [-0.05, 0) is 29.5 Å².